The van der Waals surface area contributed by atoms with E-state index in [9.17, 15) is 39.9 Å². The molecule has 5 nitrogen and oxygen atoms in total. The van der Waals surface area contributed by atoms with Crippen molar-refractivity contribution >= 4 is 5.78 Å². The molecule has 0 aliphatic carbocycles. The van der Waals surface area contributed by atoms with Gasteiger partial charge in [-0.25, -0.2) is 0 Å². The Kier molecular flexibility index (Phi) is 8.03. The second kappa shape index (κ2) is 11.3. The van der Waals surface area contributed by atoms with Crippen molar-refractivity contribution in [1.29, 1.82) is 0 Å². The number of aromatic nitrogens is 2. The largest absolute Gasteiger partial charge is 0.457 e. The number of pyridine rings is 2. The van der Waals surface area contributed by atoms with Crippen molar-refractivity contribution in [1.82, 2.24) is 9.97 Å². The molecule has 2 aromatic carbocycles. The summed E-state index contributed by atoms with van der Waals surface area (Å²) in [7, 11) is 0. The van der Waals surface area contributed by atoms with E-state index in [-0.39, 0.29) is 33.4 Å². The van der Waals surface area contributed by atoms with Crippen LogP contribution in [-0.4, -0.2) is 40.8 Å². The number of ketones is 1. The fourth-order valence-electron chi connectivity index (χ4n) is 3.63. The quantitative estimate of drug-likeness (QED) is 0.163. The lowest BCUT2D eigenvalue weighted by molar-refractivity contribution is -0.236. The average Bonchev–Trinajstić information content (AvgIpc) is 2.92. The number of ether oxygens (including phenoxy) is 2. The van der Waals surface area contributed by atoms with E-state index in [0.717, 1.165) is 36.4 Å². The van der Waals surface area contributed by atoms with E-state index >= 15 is 0 Å². The Morgan fingerprint density at radius 2 is 1.05 bits per heavy atom. The van der Waals surface area contributed by atoms with Crippen LogP contribution in [0.2, 0.25) is 0 Å². The molecule has 40 heavy (non-hydrogen) atoms. The highest BCUT2D eigenvalue weighted by Crippen LogP contribution is 2.36. The number of rotatable bonds is 8. The Morgan fingerprint density at radius 1 is 0.650 bits per heavy atom. The van der Waals surface area contributed by atoms with Gasteiger partial charge in [0.15, 0.2) is 5.78 Å². The SMILES string of the molecule is O=C(c1ccc(OC(F)C(F)(F)F)cc1-c1cccnc1)c1ccc(OC(F)C(F)(F)F)cc1-c1cccnc1. The standard InChI is InChI=1S/C27H16F8N2O3/c28-24(26(30,31)32)39-17-5-7-19(21(11-17)15-3-1-9-36-13-15)23(38)20-8-6-18(40-25(29)27(33,34)35)12-22(20)16-4-2-10-37-14-16/h1-14,24-25H. The van der Waals surface area contributed by atoms with Crippen LogP contribution in [-0.2, 0) is 0 Å². The van der Waals surface area contributed by atoms with E-state index < -0.39 is 42.4 Å². The fourth-order valence-corrected chi connectivity index (χ4v) is 3.63. The number of nitrogens with zero attached hydrogens (tertiary/aromatic N) is 2. The highest BCUT2D eigenvalue weighted by Gasteiger charge is 2.43. The lowest BCUT2D eigenvalue weighted by Crippen LogP contribution is -2.29. The molecule has 0 saturated carbocycles. The minimum atomic E-state index is -5.30. The minimum Gasteiger partial charge on any atom is -0.452 e. The van der Waals surface area contributed by atoms with E-state index in [1.807, 2.05) is 0 Å². The molecule has 208 valence electrons. The predicted octanol–water partition coefficient (Wildman–Crippen LogP) is 7.52. The first kappa shape index (κ1) is 28.5. The number of carbonyl (C=O) groups is 1. The lowest BCUT2D eigenvalue weighted by Gasteiger charge is -2.18. The number of benzene rings is 2. The Balaban J connectivity index is 1.81. The van der Waals surface area contributed by atoms with E-state index in [0.29, 0.717) is 0 Å². The smallest absolute Gasteiger partial charge is 0.452 e. The van der Waals surface area contributed by atoms with E-state index in [4.69, 9.17) is 0 Å². The lowest BCUT2D eigenvalue weighted by atomic mass is 9.90. The van der Waals surface area contributed by atoms with Crippen LogP contribution in [0, 0.1) is 0 Å². The molecule has 0 saturated heterocycles. The van der Waals surface area contributed by atoms with E-state index in [1.165, 1.54) is 49.1 Å². The molecule has 0 radical (unpaired) electrons. The molecule has 4 rings (SSSR count). The maximum Gasteiger partial charge on any atom is 0.457 e. The fraction of sp³-hybridized carbons (Fsp3) is 0.148. The molecule has 0 spiro atoms. The van der Waals surface area contributed by atoms with Crippen LogP contribution >= 0.6 is 0 Å². The molecule has 0 fully saturated rings. The first-order valence-electron chi connectivity index (χ1n) is 11.2. The van der Waals surface area contributed by atoms with Gasteiger partial charge in [-0.15, -0.1) is 0 Å². The van der Waals surface area contributed by atoms with Crippen LogP contribution < -0.4 is 9.47 Å². The van der Waals surface area contributed by atoms with Crippen molar-refractivity contribution in [3.63, 3.8) is 0 Å². The minimum absolute atomic E-state index is 0.0309. The van der Waals surface area contributed by atoms with Crippen LogP contribution in [0.4, 0.5) is 35.1 Å². The van der Waals surface area contributed by atoms with Gasteiger partial charge >= 0.3 is 25.1 Å². The molecule has 0 aliphatic heterocycles. The van der Waals surface area contributed by atoms with Gasteiger partial charge < -0.3 is 9.47 Å². The highest BCUT2D eigenvalue weighted by molar-refractivity contribution is 6.16. The first-order chi connectivity index (χ1) is 18.8. The predicted molar refractivity (Wildman–Crippen MR) is 126 cm³/mol. The third-order valence-electron chi connectivity index (χ3n) is 5.41. The van der Waals surface area contributed by atoms with E-state index in [2.05, 4.69) is 19.4 Å². The van der Waals surface area contributed by atoms with Gasteiger partial charge in [0.25, 0.3) is 0 Å². The van der Waals surface area contributed by atoms with Crippen molar-refractivity contribution in [2.45, 2.75) is 25.1 Å². The monoisotopic (exact) mass is 568 g/mol. The number of carbonyl (C=O) groups excluding carboxylic acids is 1. The summed E-state index contributed by atoms with van der Waals surface area (Å²) in [6.07, 6.45) is -12.4. The van der Waals surface area contributed by atoms with Crippen LogP contribution in [0.3, 0.4) is 0 Å². The van der Waals surface area contributed by atoms with Gasteiger partial charge in [-0.3, -0.25) is 14.8 Å². The second-order valence-corrected chi connectivity index (χ2v) is 8.18. The van der Waals surface area contributed by atoms with E-state index in [1.54, 1.807) is 0 Å². The Bertz CT molecular complexity index is 1370. The maximum atomic E-state index is 13.8. The van der Waals surface area contributed by atoms with Crippen molar-refractivity contribution in [3.8, 4) is 33.8 Å². The van der Waals surface area contributed by atoms with Crippen LogP contribution in [0.25, 0.3) is 22.3 Å². The molecule has 0 aliphatic rings. The highest BCUT2D eigenvalue weighted by atomic mass is 19.4. The number of hydrogen-bond acceptors (Lipinski definition) is 5. The Morgan fingerprint density at radius 3 is 1.38 bits per heavy atom. The molecule has 2 unspecified atom stereocenters. The molecule has 2 atom stereocenters. The summed E-state index contributed by atoms with van der Waals surface area (Å²) in [6.45, 7) is 0. The van der Waals surface area contributed by atoms with Crippen molar-refractivity contribution in [2.75, 3.05) is 0 Å². The van der Waals surface area contributed by atoms with Gasteiger partial charge in [0.05, 0.1) is 0 Å². The molecule has 0 N–H and O–H groups in total. The van der Waals surface area contributed by atoms with Gasteiger partial charge in [0.2, 0.25) is 0 Å². The van der Waals surface area contributed by atoms with Crippen LogP contribution in [0.5, 0.6) is 11.5 Å². The maximum absolute atomic E-state index is 13.8. The first-order valence-corrected chi connectivity index (χ1v) is 11.2. The molecular weight excluding hydrogens is 552 g/mol. The Hall–Kier alpha value is -4.55. The summed E-state index contributed by atoms with van der Waals surface area (Å²) in [5, 5.41) is 0. The van der Waals surface area contributed by atoms with Crippen molar-refractivity contribution in [3.05, 3.63) is 96.6 Å². The molecule has 0 bridgehead atoms. The van der Waals surface area contributed by atoms with Gasteiger partial charge in [0, 0.05) is 47.0 Å². The number of hydrogen-bond donors (Lipinski definition) is 0. The topological polar surface area (TPSA) is 61.3 Å². The van der Waals surface area contributed by atoms with Gasteiger partial charge in [0.1, 0.15) is 11.5 Å². The van der Waals surface area contributed by atoms with Crippen molar-refractivity contribution < 1.29 is 49.4 Å². The third-order valence-corrected chi connectivity index (χ3v) is 5.41. The van der Waals surface area contributed by atoms with Gasteiger partial charge in [-0.2, -0.15) is 35.1 Å². The van der Waals surface area contributed by atoms with Gasteiger partial charge in [-0.1, -0.05) is 12.1 Å². The molecular formula is C27H16F8N2O3. The molecule has 2 aromatic heterocycles. The zero-order valence-corrected chi connectivity index (χ0v) is 19.9. The third kappa shape index (κ3) is 6.53. The molecule has 2 heterocycles. The molecule has 13 heteroatoms. The van der Waals surface area contributed by atoms with Gasteiger partial charge in [-0.05, 0) is 59.7 Å². The summed E-state index contributed by atoms with van der Waals surface area (Å²) in [6, 6.07) is 12.2. The normalized spacial score (nSPS) is 13.4. The van der Waals surface area contributed by atoms with Crippen molar-refractivity contribution in [2.24, 2.45) is 0 Å². The zero-order valence-electron chi connectivity index (χ0n) is 19.9. The van der Waals surface area contributed by atoms with Crippen LogP contribution in [0.15, 0.2) is 85.5 Å². The second-order valence-electron chi connectivity index (χ2n) is 8.18. The average molecular weight is 568 g/mol. The summed E-state index contributed by atoms with van der Waals surface area (Å²) < 4.78 is 112. The Labute approximate surface area is 221 Å². The molecule has 4 aromatic rings. The molecule has 0 amide bonds. The summed E-state index contributed by atoms with van der Waals surface area (Å²) in [5.74, 6) is -1.79. The summed E-state index contributed by atoms with van der Waals surface area (Å²) in [4.78, 5) is 21.6. The number of alkyl halides is 8. The summed E-state index contributed by atoms with van der Waals surface area (Å²) >= 11 is 0. The number of halogens is 8. The van der Waals surface area contributed by atoms with Crippen LogP contribution in [0.1, 0.15) is 15.9 Å². The summed E-state index contributed by atoms with van der Waals surface area (Å²) in [5.41, 5.74) is 0.436. The zero-order chi connectivity index (χ0) is 29.1.